The van der Waals surface area contributed by atoms with Crippen LogP contribution in [-0.2, 0) is 5.54 Å². The van der Waals surface area contributed by atoms with Crippen molar-refractivity contribution in [3.8, 4) is 5.75 Å². The number of hydrogen-bond donors (Lipinski definition) is 3. The lowest BCUT2D eigenvalue weighted by molar-refractivity contribution is 0.274. The number of benzene rings is 2. The Labute approximate surface area is 187 Å². The van der Waals surface area contributed by atoms with Gasteiger partial charge in [-0.15, -0.1) is 0 Å². The van der Waals surface area contributed by atoms with E-state index in [9.17, 15) is 19.1 Å². The molecule has 0 atom stereocenters. The van der Waals surface area contributed by atoms with E-state index in [1.54, 1.807) is 42.7 Å². The summed E-state index contributed by atoms with van der Waals surface area (Å²) in [5.74, 6) is -0.485. The predicted octanol–water partition coefficient (Wildman–Crippen LogP) is 4.58. The van der Waals surface area contributed by atoms with Gasteiger partial charge >= 0.3 is 0 Å². The fraction of sp³-hybridized carbons (Fsp3) is 0.273. The molecule has 9 heteroatoms. The van der Waals surface area contributed by atoms with Crippen LogP contribution in [0.3, 0.4) is 0 Å². The van der Waals surface area contributed by atoms with Gasteiger partial charge < -0.3 is 15.7 Å². The van der Waals surface area contributed by atoms with E-state index in [0.29, 0.717) is 28.3 Å². The molecule has 3 aromatic rings. The Balaban J connectivity index is 1.67. The van der Waals surface area contributed by atoms with Gasteiger partial charge in [0.1, 0.15) is 17.2 Å². The van der Waals surface area contributed by atoms with Crippen molar-refractivity contribution in [2.45, 2.75) is 29.7 Å². The van der Waals surface area contributed by atoms with E-state index >= 15 is 0 Å². The molecule has 1 saturated carbocycles. The molecule has 0 unspecified atom stereocenters. The molecular formula is C22H21ClFN3O3S. The maximum absolute atomic E-state index is 14.5. The van der Waals surface area contributed by atoms with Crippen LogP contribution in [0.5, 0.6) is 5.75 Å². The molecule has 0 heterocycles. The number of hydrogen-bond acceptors (Lipinski definition) is 7. The number of rotatable bonds is 7. The molecule has 3 N–H and O–H groups in total. The van der Waals surface area contributed by atoms with Gasteiger partial charge in [-0.3, -0.25) is 13.9 Å². The summed E-state index contributed by atoms with van der Waals surface area (Å²) in [7, 11) is 3.61. The molecule has 162 valence electrons. The van der Waals surface area contributed by atoms with Gasteiger partial charge in [-0.05, 0) is 63.5 Å². The second-order valence-electron chi connectivity index (χ2n) is 7.75. The zero-order valence-electron chi connectivity index (χ0n) is 17.0. The van der Waals surface area contributed by atoms with Crippen LogP contribution in [0.2, 0.25) is 5.02 Å². The van der Waals surface area contributed by atoms with E-state index in [-0.39, 0.29) is 28.6 Å². The highest BCUT2D eigenvalue weighted by molar-refractivity contribution is 7.97. The summed E-state index contributed by atoms with van der Waals surface area (Å²) in [4.78, 5) is 25.1. The number of nitrogens with zero attached hydrogens (tertiary/aromatic N) is 1. The fourth-order valence-corrected chi connectivity index (χ4v) is 4.74. The zero-order chi connectivity index (χ0) is 22.3. The average Bonchev–Trinajstić information content (AvgIpc) is 2.71. The summed E-state index contributed by atoms with van der Waals surface area (Å²) < 4.78 is 16.2. The van der Waals surface area contributed by atoms with E-state index in [0.717, 1.165) is 6.42 Å². The summed E-state index contributed by atoms with van der Waals surface area (Å²) in [6.07, 6.45) is 2.16. The largest absolute Gasteiger partial charge is 0.505 e. The Hall–Kier alpha value is -2.55. The lowest BCUT2D eigenvalue weighted by Crippen LogP contribution is -2.48. The summed E-state index contributed by atoms with van der Waals surface area (Å²) >= 11 is 7.42. The monoisotopic (exact) mass is 461 g/mol. The Morgan fingerprint density at radius 2 is 1.77 bits per heavy atom. The third kappa shape index (κ3) is 3.79. The van der Waals surface area contributed by atoms with Gasteiger partial charge in [0.25, 0.3) is 10.9 Å². The second-order valence-corrected chi connectivity index (χ2v) is 9.48. The first-order valence-electron chi connectivity index (χ1n) is 9.74. The molecule has 0 amide bonds. The summed E-state index contributed by atoms with van der Waals surface area (Å²) in [5, 5.41) is 17.0. The molecule has 0 saturated heterocycles. The highest BCUT2D eigenvalue weighted by Gasteiger charge is 2.42. The second kappa shape index (κ2) is 8.18. The molecule has 0 aliphatic heterocycles. The van der Waals surface area contributed by atoms with Crippen molar-refractivity contribution in [2.75, 3.05) is 24.7 Å². The van der Waals surface area contributed by atoms with Gasteiger partial charge in [0.15, 0.2) is 5.75 Å². The van der Waals surface area contributed by atoms with Gasteiger partial charge in [-0.1, -0.05) is 29.8 Å². The minimum absolute atomic E-state index is 0.0473. The fourth-order valence-electron chi connectivity index (χ4n) is 3.76. The third-order valence-corrected chi connectivity index (χ3v) is 6.88. The minimum atomic E-state index is -0.738. The van der Waals surface area contributed by atoms with E-state index in [2.05, 4.69) is 10.6 Å². The van der Waals surface area contributed by atoms with Crippen LogP contribution >= 0.6 is 23.5 Å². The Kier molecular flexibility index (Phi) is 5.72. The third-order valence-electron chi connectivity index (χ3n) is 5.49. The number of phenolic OH excluding ortho intramolecular Hbond substituents is 1. The standard InChI is InChI=1S/C22H21ClFN3O3S/c1-27(2)31-21-13(23)8-9-15(18(21)28)25-16-17(20(30)19(16)29)26-22(10-5-11-22)12-6-3-4-7-14(12)24/h3-4,6-9,25-26,28H,5,10-11H2,1-2H3. The lowest BCUT2D eigenvalue weighted by atomic mass is 9.71. The van der Waals surface area contributed by atoms with Crippen molar-refractivity contribution in [3.63, 3.8) is 0 Å². The lowest BCUT2D eigenvalue weighted by Gasteiger charge is -2.44. The van der Waals surface area contributed by atoms with Gasteiger partial charge in [0.05, 0.1) is 21.1 Å². The first-order valence-corrected chi connectivity index (χ1v) is 10.9. The van der Waals surface area contributed by atoms with Crippen LogP contribution in [0.1, 0.15) is 24.8 Å². The first-order chi connectivity index (χ1) is 14.7. The number of anilines is 3. The molecule has 4 rings (SSSR count). The molecule has 31 heavy (non-hydrogen) atoms. The summed E-state index contributed by atoms with van der Waals surface area (Å²) in [5.41, 5.74) is -1.23. The van der Waals surface area contributed by atoms with Crippen molar-refractivity contribution in [2.24, 2.45) is 0 Å². The van der Waals surface area contributed by atoms with Gasteiger partial charge in [0.2, 0.25) is 0 Å². The number of nitrogens with one attached hydrogen (secondary N) is 2. The molecule has 6 nitrogen and oxygen atoms in total. The Morgan fingerprint density at radius 1 is 1.10 bits per heavy atom. The topological polar surface area (TPSA) is 81.7 Å². The van der Waals surface area contributed by atoms with E-state index in [4.69, 9.17) is 11.6 Å². The van der Waals surface area contributed by atoms with Gasteiger partial charge in [-0.2, -0.15) is 0 Å². The van der Waals surface area contributed by atoms with E-state index < -0.39 is 16.4 Å². The van der Waals surface area contributed by atoms with Crippen molar-refractivity contribution in [1.82, 2.24) is 4.31 Å². The molecule has 0 aromatic heterocycles. The van der Waals surface area contributed by atoms with Crippen molar-refractivity contribution < 1.29 is 9.50 Å². The summed E-state index contributed by atoms with van der Waals surface area (Å²) in [6.45, 7) is 0. The van der Waals surface area contributed by atoms with Crippen LogP contribution in [0.25, 0.3) is 0 Å². The number of halogens is 2. The van der Waals surface area contributed by atoms with Crippen LogP contribution in [-0.4, -0.2) is 23.5 Å². The zero-order valence-corrected chi connectivity index (χ0v) is 18.5. The first kappa shape index (κ1) is 21.7. The molecule has 1 aliphatic carbocycles. The maximum Gasteiger partial charge on any atom is 0.253 e. The van der Waals surface area contributed by atoms with Crippen molar-refractivity contribution in [1.29, 1.82) is 0 Å². The van der Waals surface area contributed by atoms with Crippen LogP contribution < -0.4 is 21.5 Å². The molecular weight excluding hydrogens is 441 g/mol. The van der Waals surface area contributed by atoms with Gasteiger partial charge in [-0.25, -0.2) is 4.39 Å². The Morgan fingerprint density at radius 3 is 2.39 bits per heavy atom. The highest BCUT2D eigenvalue weighted by atomic mass is 35.5. The summed E-state index contributed by atoms with van der Waals surface area (Å²) in [6, 6.07) is 9.57. The molecule has 0 radical (unpaired) electrons. The molecule has 0 spiro atoms. The maximum atomic E-state index is 14.5. The normalized spacial score (nSPS) is 15.1. The minimum Gasteiger partial charge on any atom is -0.505 e. The number of aromatic hydroxyl groups is 1. The van der Waals surface area contributed by atoms with Crippen LogP contribution in [0.4, 0.5) is 21.5 Å². The van der Waals surface area contributed by atoms with Gasteiger partial charge in [0, 0.05) is 5.56 Å². The SMILES string of the molecule is CN(C)Sc1c(Cl)ccc(Nc2c(NC3(c4ccccc4F)CCC3)c(=O)c2=O)c1O. The predicted molar refractivity (Wildman–Crippen MR) is 123 cm³/mol. The molecule has 1 aliphatic rings. The molecule has 3 aromatic carbocycles. The van der Waals surface area contributed by atoms with Crippen LogP contribution in [0.15, 0.2) is 50.9 Å². The highest BCUT2D eigenvalue weighted by Crippen LogP contribution is 2.46. The van der Waals surface area contributed by atoms with E-state index in [1.807, 2.05) is 0 Å². The smallest absolute Gasteiger partial charge is 0.253 e. The molecule has 0 bridgehead atoms. The van der Waals surface area contributed by atoms with E-state index in [1.165, 1.54) is 24.1 Å². The van der Waals surface area contributed by atoms with Crippen molar-refractivity contribution in [3.05, 3.63) is 73.2 Å². The average molecular weight is 462 g/mol. The number of phenols is 1. The molecule has 1 fully saturated rings. The van der Waals surface area contributed by atoms with Crippen molar-refractivity contribution >= 4 is 40.6 Å². The quantitative estimate of drug-likeness (QED) is 0.270. The Bertz CT molecular complexity index is 1220. The van der Waals surface area contributed by atoms with Crippen LogP contribution in [0, 0.1) is 5.82 Å².